The maximum Gasteiger partial charge on any atom is 0.422 e. The monoisotopic (exact) mass is 431 g/mol. The Bertz CT molecular complexity index is 1400. The number of rotatable bonds is 6. The highest BCUT2D eigenvalue weighted by molar-refractivity contribution is 5.87. The zero-order valence-corrected chi connectivity index (χ0v) is 18.4. The first kappa shape index (κ1) is 21.4. The highest BCUT2D eigenvalue weighted by Crippen LogP contribution is 2.22. The van der Waals surface area contributed by atoms with Crippen LogP contribution in [0.15, 0.2) is 47.3 Å². The summed E-state index contributed by atoms with van der Waals surface area (Å²) < 4.78 is 9.81. The summed E-state index contributed by atoms with van der Waals surface area (Å²) >= 11 is 0. The van der Waals surface area contributed by atoms with Gasteiger partial charge >= 0.3 is 11.8 Å². The van der Waals surface area contributed by atoms with Gasteiger partial charge in [0.05, 0.1) is 46.9 Å². The van der Waals surface area contributed by atoms with Gasteiger partial charge in [0.2, 0.25) is 0 Å². The van der Waals surface area contributed by atoms with Gasteiger partial charge in [-0.25, -0.2) is 14.6 Å². The van der Waals surface area contributed by atoms with Crippen molar-refractivity contribution < 1.29 is 9.53 Å². The molecule has 32 heavy (non-hydrogen) atoms. The Kier molecular flexibility index (Phi) is 5.82. The quantitative estimate of drug-likeness (QED) is 0.458. The predicted molar refractivity (Wildman–Crippen MR) is 122 cm³/mol. The molecule has 4 rings (SSSR count). The van der Waals surface area contributed by atoms with E-state index in [2.05, 4.69) is 24.5 Å². The maximum absolute atomic E-state index is 13.2. The second kappa shape index (κ2) is 8.71. The molecule has 0 fully saturated rings. The number of aromatic nitrogens is 4. The Morgan fingerprint density at radius 3 is 2.56 bits per heavy atom. The smallest absolute Gasteiger partial charge is 0.422 e. The maximum atomic E-state index is 13.2. The number of carbonyl (C=O) groups excluding carboxylic acids is 1. The molecule has 0 saturated carbocycles. The molecule has 0 unspecified atom stereocenters. The van der Waals surface area contributed by atoms with E-state index in [0.717, 1.165) is 23.0 Å². The van der Waals surface area contributed by atoms with Crippen LogP contribution in [0.3, 0.4) is 0 Å². The van der Waals surface area contributed by atoms with Crippen LogP contribution in [-0.2, 0) is 17.8 Å². The van der Waals surface area contributed by atoms with Crippen LogP contribution in [0.25, 0.3) is 22.1 Å². The summed E-state index contributed by atoms with van der Waals surface area (Å²) in [7, 11) is 0. The summed E-state index contributed by atoms with van der Waals surface area (Å²) in [6.07, 6.45) is 0.247. The van der Waals surface area contributed by atoms with E-state index in [9.17, 15) is 14.9 Å². The molecule has 2 aromatic heterocycles. The average Bonchev–Trinajstić information content (AvgIpc) is 3.26. The van der Waals surface area contributed by atoms with Crippen molar-refractivity contribution in [3.63, 3.8) is 0 Å². The lowest BCUT2D eigenvalue weighted by atomic mass is 10.1. The number of imidazole rings is 2. The van der Waals surface area contributed by atoms with E-state index in [1.165, 1.54) is 0 Å². The van der Waals surface area contributed by atoms with Crippen molar-refractivity contribution in [2.45, 2.75) is 40.3 Å². The number of aryl methyl sites for hydroxylation is 1. The van der Waals surface area contributed by atoms with E-state index in [1.807, 2.05) is 12.1 Å². The number of hydrogen-bond donors (Lipinski definition) is 0. The number of fused-ring (bicyclic) bond motifs is 2. The average molecular weight is 431 g/mol. The largest absolute Gasteiger partial charge is 0.449 e. The van der Waals surface area contributed by atoms with Gasteiger partial charge in [-0.05, 0) is 49.6 Å². The molecule has 0 radical (unpaired) electrons. The first-order chi connectivity index (χ1) is 15.4. The van der Waals surface area contributed by atoms with Gasteiger partial charge in [-0.1, -0.05) is 26.0 Å². The lowest BCUT2D eigenvalue weighted by Crippen LogP contribution is -2.30. The van der Waals surface area contributed by atoms with Crippen LogP contribution in [0.1, 0.15) is 38.6 Å². The van der Waals surface area contributed by atoms with Crippen molar-refractivity contribution in [2.24, 2.45) is 5.92 Å². The minimum Gasteiger partial charge on any atom is -0.449 e. The van der Waals surface area contributed by atoms with Gasteiger partial charge in [-0.3, -0.25) is 4.57 Å². The van der Waals surface area contributed by atoms with Gasteiger partial charge in [0, 0.05) is 6.54 Å². The number of benzene rings is 2. The molecule has 0 atom stereocenters. The summed E-state index contributed by atoms with van der Waals surface area (Å²) in [5, 5.41) is 9.26. The number of ether oxygens (including phenoxy) is 1. The van der Waals surface area contributed by atoms with Crippen LogP contribution in [0, 0.1) is 17.2 Å². The molecule has 8 nitrogen and oxygen atoms in total. The van der Waals surface area contributed by atoms with Crippen LogP contribution >= 0.6 is 0 Å². The Labute approximate surface area is 185 Å². The SMILES string of the molecule is CCOC(=O)n1c(=O)n(Cc2nc3cc(C#N)ccc3n2CCC(C)C)c2ccccc21. The zero-order valence-electron chi connectivity index (χ0n) is 18.4. The van der Waals surface area contributed by atoms with Crippen LogP contribution in [0.5, 0.6) is 0 Å². The van der Waals surface area contributed by atoms with Crippen molar-refractivity contribution in [2.75, 3.05) is 6.61 Å². The Hall–Kier alpha value is -3.86. The highest BCUT2D eigenvalue weighted by Gasteiger charge is 2.21. The Morgan fingerprint density at radius 2 is 1.88 bits per heavy atom. The molecule has 0 spiro atoms. The molecular weight excluding hydrogens is 406 g/mol. The molecule has 0 aliphatic carbocycles. The Morgan fingerprint density at radius 1 is 1.12 bits per heavy atom. The first-order valence-corrected chi connectivity index (χ1v) is 10.7. The fourth-order valence-corrected chi connectivity index (χ4v) is 3.87. The molecule has 2 heterocycles. The third-order valence-electron chi connectivity index (χ3n) is 5.47. The van der Waals surface area contributed by atoms with E-state index in [1.54, 1.807) is 41.8 Å². The summed E-state index contributed by atoms with van der Waals surface area (Å²) in [5.74, 6) is 1.19. The van der Waals surface area contributed by atoms with E-state index < -0.39 is 11.8 Å². The fourth-order valence-electron chi connectivity index (χ4n) is 3.87. The zero-order chi connectivity index (χ0) is 22.8. The summed E-state index contributed by atoms with van der Waals surface area (Å²) in [6.45, 7) is 7.13. The fraction of sp³-hybridized carbons (Fsp3) is 0.333. The van der Waals surface area contributed by atoms with Crippen LogP contribution < -0.4 is 5.69 Å². The standard InChI is InChI=1S/C24H25N5O3/c1-4-32-24(31)29-21-8-6-5-7-20(21)28(23(29)30)15-22-26-18-13-17(14-25)9-10-19(18)27(22)12-11-16(2)3/h5-10,13,16H,4,11-12,15H2,1-3H3. The van der Waals surface area contributed by atoms with E-state index >= 15 is 0 Å². The van der Waals surface area contributed by atoms with E-state index in [-0.39, 0.29) is 13.2 Å². The second-order valence-electron chi connectivity index (χ2n) is 8.07. The summed E-state index contributed by atoms with van der Waals surface area (Å²) in [4.78, 5) is 30.5. The van der Waals surface area contributed by atoms with Crippen LogP contribution in [-0.4, -0.2) is 31.4 Å². The number of hydrogen-bond acceptors (Lipinski definition) is 5. The van der Waals surface area contributed by atoms with Crippen LogP contribution in [0.4, 0.5) is 4.79 Å². The van der Waals surface area contributed by atoms with Gasteiger partial charge in [0.25, 0.3) is 0 Å². The minimum absolute atomic E-state index is 0.178. The molecule has 0 N–H and O–H groups in total. The summed E-state index contributed by atoms with van der Waals surface area (Å²) in [5.41, 5.74) is 2.82. The number of carbonyl (C=O) groups is 1. The van der Waals surface area contributed by atoms with Crippen LogP contribution in [0.2, 0.25) is 0 Å². The number of nitriles is 1. The minimum atomic E-state index is -0.695. The third kappa shape index (κ3) is 3.78. The van der Waals surface area contributed by atoms with Gasteiger partial charge in [-0.2, -0.15) is 9.83 Å². The van der Waals surface area contributed by atoms with Crippen molar-refractivity contribution in [1.29, 1.82) is 5.26 Å². The van der Waals surface area contributed by atoms with E-state index in [4.69, 9.17) is 9.72 Å². The molecule has 0 saturated heterocycles. The lowest BCUT2D eigenvalue weighted by Gasteiger charge is -2.11. The normalized spacial score (nSPS) is 11.3. The van der Waals surface area contributed by atoms with Crippen molar-refractivity contribution in [1.82, 2.24) is 18.7 Å². The lowest BCUT2D eigenvalue weighted by molar-refractivity contribution is 0.154. The second-order valence-corrected chi connectivity index (χ2v) is 8.07. The van der Waals surface area contributed by atoms with Gasteiger partial charge < -0.3 is 9.30 Å². The molecule has 8 heteroatoms. The molecular formula is C24H25N5O3. The van der Waals surface area contributed by atoms with Crippen molar-refractivity contribution in [3.05, 3.63) is 64.3 Å². The Balaban J connectivity index is 1.87. The van der Waals surface area contributed by atoms with Crippen molar-refractivity contribution >= 4 is 28.2 Å². The summed E-state index contributed by atoms with van der Waals surface area (Å²) in [6, 6.07) is 14.7. The third-order valence-corrected chi connectivity index (χ3v) is 5.47. The topological polar surface area (TPSA) is 94.8 Å². The van der Waals surface area contributed by atoms with E-state index in [0.29, 0.717) is 33.9 Å². The molecule has 0 amide bonds. The predicted octanol–water partition coefficient (Wildman–Crippen LogP) is 4.12. The molecule has 164 valence electrons. The number of nitrogens with zero attached hydrogens (tertiary/aromatic N) is 5. The van der Waals surface area contributed by atoms with Gasteiger partial charge in [0.15, 0.2) is 0 Å². The molecule has 0 bridgehead atoms. The first-order valence-electron chi connectivity index (χ1n) is 10.7. The highest BCUT2D eigenvalue weighted by atomic mass is 16.5. The molecule has 0 aliphatic rings. The molecule has 4 aromatic rings. The molecule has 2 aromatic carbocycles. The number of para-hydroxylation sites is 2. The van der Waals surface area contributed by atoms with Gasteiger partial charge in [-0.15, -0.1) is 0 Å². The molecule has 0 aliphatic heterocycles. The van der Waals surface area contributed by atoms with Crippen molar-refractivity contribution in [3.8, 4) is 6.07 Å². The van der Waals surface area contributed by atoms with Gasteiger partial charge in [0.1, 0.15) is 5.82 Å².